The van der Waals surface area contributed by atoms with E-state index in [0.717, 1.165) is 30.5 Å². The third-order valence-corrected chi connectivity index (χ3v) is 5.40. The summed E-state index contributed by atoms with van der Waals surface area (Å²) >= 11 is 0. The van der Waals surface area contributed by atoms with Crippen LogP contribution >= 0.6 is 0 Å². The van der Waals surface area contributed by atoms with E-state index >= 15 is 0 Å². The van der Waals surface area contributed by atoms with Gasteiger partial charge in [-0.1, -0.05) is 24.3 Å². The van der Waals surface area contributed by atoms with Gasteiger partial charge in [0.15, 0.2) is 0 Å². The van der Waals surface area contributed by atoms with Crippen LogP contribution in [0.2, 0.25) is 0 Å². The molecule has 5 nitrogen and oxygen atoms in total. The molecule has 0 radical (unpaired) electrons. The summed E-state index contributed by atoms with van der Waals surface area (Å²) in [6, 6.07) is 12.8. The van der Waals surface area contributed by atoms with E-state index in [2.05, 4.69) is 14.9 Å². The van der Waals surface area contributed by atoms with Crippen molar-refractivity contribution < 1.29 is 8.78 Å². The Hall–Kier alpha value is -3.06. The SMILES string of the molecule is Nc1ncnc(N2CCC(N)CC2Cc2ccc(F)cc2)c1-c1ccc(F)cc1. The van der Waals surface area contributed by atoms with Crippen LogP contribution < -0.4 is 16.4 Å². The first-order valence-corrected chi connectivity index (χ1v) is 9.64. The van der Waals surface area contributed by atoms with E-state index in [1.807, 2.05) is 0 Å². The molecule has 2 aromatic carbocycles. The Labute approximate surface area is 168 Å². The first-order valence-electron chi connectivity index (χ1n) is 9.64. The number of halogens is 2. The van der Waals surface area contributed by atoms with Crippen LogP contribution in [0.25, 0.3) is 11.1 Å². The van der Waals surface area contributed by atoms with Crippen molar-refractivity contribution in [1.29, 1.82) is 0 Å². The number of hydrogen-bond acceptors (Lipinski definition) is 5. The standard InChI is InChI=1S/C22H23F2N5/c23-16-5-1-14(2-6-16)11-19-12-18(25)9-10-29(19)22-20(21(26)27-13-28-22)15-3-7-17(24)8-4-15/h1-8,13,18-19H,9-12,25H2,(H2,26,27,28). The van der Waals surface area contributed by atoms with E-state index in [1.165, 1.54) is 30.6 Å². The Morgan fingerprint density at radius 1 is 0.966 bits per heavy atom. The van der Waals surface area contributed by atoms with Crippen LogP contribution in [-0.4, -0.2) is 28.6 Å². The van der Waals surface area contributed by atoms with Crippen LogP contribution in [0, 0.1) is 11.6 Å². The molecule has 0 saturated carbocycles. The number of piperidine rings is 1. The van der Waals surface area contributed by atoms with Gasteiger partial charge >= 0.3 is 0 Å². The van der Waals surface area contributed by atoms with E-state index in [4.69, 9.17) is 11.5 Å². The van der Waals surface area contributed by atoms with Gasteiger partial charge in [-0.2, -0.15) is 0 Å². The van der Waals surface area contributed by atoms with Crippen LogP contribution in [0.4, 0.5) is 20.4 Å². The molecule has 29 heavy (non-hydrogen) atoms. The normalized spacial score (nSPS) is 19.3. The molecule has 0 aliphatic carbocycles. The van der Waals surface area contributed by atoms with Crippen LogP contribution in [0.3, 0.4) is 0 Å². The number of nitrogens with zero attached hydrogens (tertiary/aromatic N) is 3. The van der Waals surface area contributed by atoms with Gasteiger partial charge < -0.3 is 16.4 Å². The van der Waals surface area contributed by atoms with Crippen LogP contribution in [0.1, 0.15) is 18.4 Å². The van der Waals surface area contributed by atoms with Crippen LogP contribution in [-0.2, 0) is 6.42 Å². The van der Waals surface area contributed by atoms with Crippen LogP contribution in [0.5, 0.6) is 0 Å². The van der Waals surface area contributed by atoms with Crippen molar-refractivity contribution in [3.8, 4) is 11.1 Å². The Morgan fingerprint density at radius 2 is 1.62 bits per heavy atom. The van der Waals surface area contributed by atoms with Gasteiger partial charge in [0.1, 0.15) is 29.6 Å². The average molecular weight is 395 g/mol. The zero-order valence-corrected chi connectivity index (χ0v) is 15.9. The van der Waals surface area contributed by atoms with Gasteiger partial charge in [-0.25, -0.2) is 18.7 Å². The van der Waals surface area contributed by atoms with E-state index in [0.29, 0.717) is 23.6 Å². The van der Waals surface area contributed by atoms with Crippen molar-refractivity contribution in [2.45, 2.75) is 31.3 Å². The maximum Gasteiger partial charge on any atom is 0.142 e. The lowest BCUT2D eigenvalue weighted by atomic mass is 9.92. The summed E-state index contributed by atoms with van der Waals surface area (Å²) in [7, 11) is 0. The molecule has 2 heterocycles. The second kappa shape index (κ2) is 8.13. The van der Waals surface area contributed by atoms with Gasteiger partial charge in [0.05, 0.1) is 5.56 Å². The first kappa shape index (κ1) is 19.3. The van der Waals surface area contributed by atoms with Gasteiger partial charge in [-0.05, 0) is 54.7 Å². The third-order valence-electron chi connectivity index (χ3n) is 5.40. The van der Waals surface area contributed by atoms with Gasteiger partial charge in [-0.3, -0.25) is 0 Å². The minimum atomic E-state index is -0.316. The molecular formula is C22H23F2N5. The zero-order chi connectivity index (χ0) is 20.4. The second-order valence-electron chi connectivity index (χ2n) is 7.43. The summed E-state index contributed by atoms with van der Waals surface area (Å²) in [5, 5.41) is 0. The maximum atomic E-state index is 13.4. The minimum absolute atomic E-state index is 0.0812. The average Bonchev–Trinajstić information content (AvgIpc) is 2.71. The summed E-state index contributed by atoms with van der Waals surface area (Å²) in [5.74, 6) is 0.483. The van der Waals surface area contributed by atoms with Gasteiger partial charge in [0, 0.05) is 18.6 Å². The Kier molecular flexibility index (Phi) is 5.40. The monoisotopic (exact) mass is 395 g/mol. The van der Waals surface area contributed by atoms with Crippen molar-refractivity contribution in [1.82, 2.24) is 9.97 Å². The summed E-state index contributed by atoms with van der Waals surface area (Å²) < 4.78 is 26.7. The quantitative estimate of drug-likeness (QED) is 0.706. The molecule has 0 spiro atoms. The largest absolute Gasteiger partial charge is 0.383 e. The molecule has 7 heteroatoms. The fraction of sp³-hybridized carbons (Fsp3) is 0.273. The van der Waals surface area contributed by atoms with E-state index in [1.54, 1.807) is 24.3 Å². The number of benzene rings is 2. The molecule has 1 fully saturated rings. The number of nitrogens with two attached hydrogens (primary N) is 2. The van der Waals surface area contributed by atoms with Crippen molar-refractivity contribution in [3.63, 3.8) is 0 Å². The summed E-state index contributed by atoms with van der Waals surface area (Å²) in [5.41, 5.74) is 14.9. The third kappa shape index (κ3) is 4.19. The molecule has 0 amide bonds. The summed E-state index contributed by atoms with van der Waals surface area (Å²) in [6.07, 6.45) is 3.76. The predicted octanol–water partition coefficient (Wildman–Crippen LogP) is 3.54. The lowest BCUT2D eigenvalue weighted by Crippen LogP contribution is -2.48. The highest BCUT2D eigenvalue weighted by Crippen LogP contribution is 2.36. The maximum absolute atomic E-state index is 13.4. The summed E-state index contributed by atoms with van der Waals surface area (Å²) in [6.45, 7) is 0.720. The van der Waals surface area contributed by atoms with E-state index in [9.17, 15) is 8.78 Å². The second-order valence-corrected chi connectivity index (χ2v) is 7.43. The van der Waals surface area contributed by atoms with Gasteiger partial charge in [-0.15, -0.1) is 0 Å². The minimum Gasteiger partial charge on any atom is -0.383 e. The zero-order valence-electron chi connectivity index (χ0n) is 15.9. The molecular weight excluding hydrogens is 372 g/mol. The molecule has 150 valence electrons. The number of anilines is 2. The predicted molar refractivity (Wildman–Crippen MR) is 110 cm³/mol. The molecule has 1 saturated heterocycles. The Balaban J connectivity index is 1.72. The Morgan fingerprint density at radius 3 is 2.31 bits per heavy atom. The van der Waals surface area contributed by atoms with Crippen molar-refractivity contribution in [2.24, 2.45) is 5.73 Å². The molecule has 0 bridgehead atoms. The van der Waals surface area contributed by atoms with Gasteiger partial charge in [0.25, 0.3) is 0 Å². The molecule has 3 aromatic rings. The Bertz CT molecular complexity index is 975. The lowest BCUT2D eigenvalue weighted by Gasteiger charge is -2.40. The molecule has 2 unspecified atom stereocenters. The molecule has 4 rings (SSSR count). The molecule has 1 aliphatic rings. The molecule has 1 aromatic heterocycles. The highest BCUT2D eigenvalue weighted by Gasteiger charge is 2.30. The summed E-state index contributed by atoms with van der Waals surface area (Å²) in [4.78, 5) is 10.9. The highest BCUT2D eigenvalue weighted by atomic mass is 19.1. The number of aromatic nitrogens is 2. The van der Waals surface area contributed by atoms with E-state index in [-0.39, 0.29) is 23.7 Å². The first-order chi connectivity index (χ1) is 14.0. The van der Waals surface area contributed by atoms with Crippen molar-refractivity contribution in [2.75, 3.05) is 17.2 Å². The highest BCUT2D eigenvalue weighted by molar-refractivity contribution is 5.84. The van der Waals surface area contributed by atoms with E-state index < -0.39 is 0 Å². The van der Waals surface area contributed by atoms with Crippen molar-refractivity contribution >= 4 is 11.6 Å². The van der Waals surface area contributed by atoms with Gasteiger partial charge in [0.2, 0.25) is 0 Å². The molecule has 1 aliphatic heterocycles. The number of nitrogen functional groups attached to an aromatic ring is 1. The van der Waals surface area contributed by atoms with Crippen molar-refractivity contribution in [3.05, 3.63) is 72.1 Å². The number of hydrogen-bond donors (Lipinski definition) is 2. The molecule has 2 atom stereocenters. The topological polar surface area (TPSA) is 81.1 Å². The fourth-order valence-electron chi connectivity index (χ4n) is 3.95. The molecule has 4 N–H and O–H groups in total. The fourth-order valence-corrected chi connectivity index (χ4v) is 3.95. The number of rotatable bonds is 4. The smallest absolute Gasteiger partial charge is 0.142 e. The van der Waals surface area contributed by atoms with Crippen LogP contribution in [0.15, 0.2) is 54.9 Å². The lowest BCUT2D eigenvalue weighted by molar-refractivity contribution is 0.406.